The van der Waals surface area contributed by atoms with E-state index in [1.54, 1.807) is 22.6 Å². The van der Waals surface area contributed by atoms with Crippen molar-refractivity contribution in [1.29, 1.82) is 0 Å². The molecular weight excluding hydrogens is 249 g/mol. The molecule has 0 radical (unpaired) electrons. The summed E-state index contributed by atoms with van der Waals surface area (Å²) in [5.74, 6) is 1.07. The van der Waals surface area contributed by atoms with Crippen LogP contribution in [0, 0.1) is 0 Å². The minimum atomic E-state index is 0.304. The predicted octanol–water partition coefficient (Wildman–Crippen LogP) is 3.30. The van der Waals surface area contributed by atoms with Crippen LogP contribution in [0.15, 0.2) is 34.7 Å². The van der Waals surface area contributed by atoms with Crippen molar-refractivity contribution >= 4 is 28.8 Å². The maximum atomic E-state index is 6.07. The fourth-order valence-electron chi connectivity index (χ4n) is 1.50. The minimum Gasteiger partial charge on any atom is -0.441 e. The molecule has 0 fully saturated rings. The Morgan fingerprint density at radius 3 is 2.69 bits per heavy atom. The van der Waals surface area contributed by atoms with E-state index in [9.17, 15) is 0 Å². The lowest BCUT2D eigenvalue weighted by Gasteiger charge is -1.98. The minimum absolute atomic E-state index is 0.304. The second-order valence-electron chi connectivity index (χ2n) is 3.17. The zero-order valence-electron chi connectivity index (χ0n) is 7.89. The SMILES string of the molecule is Clc1ccc(-c2nnc3cccc(Cl)n23)o1. The number of halogens is 2. The topological polar surface area (TPSA) is 43.3 Å². The average Bonchev–Trinajstić information content (AvgIpc) is 2.84. The van der Waals surface area contributed by atoms with Gasteiger partial charge in [-0.2, -0.15) is 0 Å². The third-order valence-corrected chi connectivity index (χ3v) is 2.67. The molecule has 3 rings (SSSR count). The van der Waals surface area contributed by atoms with Crippen LogP contribution in [0.5, 0.6) is 0 Å². The summed E-state index contributed by atoms with van der Waals surface area (Å²) in [4.78, 5) is 0. The van der Waals surface area contributed by atoms with Crippen LogP contribution in [0.25, 0.3) is 17.2 Å². The molecule has 6 heteroatoms. The lowest BCUT2D eigenvalue weighted by atomic mass is 10.4. The van der Waals surface area contributed by atoms with E-state index in [0.717, 1.165) is 0 Å². The van der Waals surface area contributed by atoms with Crippen LogP contribution in [-0.4, -0.2) is 14.6 Å². The Morgan fingerprint density at radius 2 is 1.94 bits per heavy atom. The molecule has 0 aliphatic carbocycles. The summed E-state index contributed by atoms with van der Waals surface area (Å²) in [6.07, 6.45) is 0. The molecule has 0 saturated heterocycles. The highest BCUT2D eigenvalue weighted by molar-refractivity contribution is 6.30. The monoisotopic (exact) mass is 253 g/mol. The predicted molar refractivity (Wildman–Crippen MR) is 60.7 cm³/mol. The lowest BCUT2D eigenvalue weighted by molar-refractivity contribution is 0.578. The van der Waals surface area contributed by atoms with E-state index in [2.05, 4.69) is 10.2 Å². The van der Waals surface area contributed by atoms with Crippen molar-refractivity contribution in [2.24, 2.45) is 0 Å². The molecule has 0 bridgehead atoms. The first kappa shape index (κ1) is 9.69. The number of aromatic nitrogens is 3. The van der Waals surface area contributed by atoms with Crippen LogP contribution < -0.4 is 0 Å². The van der Waals surface area contributed by atoms with Gasteiger partial charge in [0.05, 0.1) is 0 Å². The standard InChI is InChI=1S/C10H5Cl2N3O/c11-7-2-1-3-9-13-14-10(15(7)9)6-4-5-8(12)16-6/h1-5H. The van der Waals surface area contributed by atoms with E-state index in [-0.39, 0.29) is 0 Å². The molecule has 0 spiro atoms. The number of hydrogen-bond acceptors (Lipinski definition) is 3. The van der Waals surface area contributed by atoms with Crippen LogP contribution in [0.2, 0.25) is 10.4 Å². The van der Waals surface area contributed by atoms with Gasteiger partial charge in [0.25, 0.3) is 0 Å². The number of rotatable bonds is 1. The molecule has 80 valence electrons. The summed E-state index contributed by atoms with van der Waals surface area (Å²) in [5, 5.41) is 8.83. The Kier molecular flexibility index (Phi) is 2.12. The molecule has 0 amide bonds. The quantitative estimate of drug-likeness (QED) is 0.626. The first-order valence-electron chi connectivity index (χ1n) is 4.51. The second-order valence-corrected chi connectivity index (χ2v) is 3.93. The molecule has 16 heavy (non-hydrogen) atoms. The zero-order chi connectivity index (χ0) is 11.1. The molecule has 3 aromatic rings. The van der Waals surface area contributed by atoms with E-state index in [1.165, 1.54) is 0 Å². The number of fused-ring (bicyclic) bond motifs is 1. The Bertz CT molecular complexity index is 659. The zero-order valence-corrected chi connectivity index (χ0v) is 9.40. The lowest BCUT2D eigenvalue weighted by Crippen LogP contribution is -1.89. The molecule has 0 aliphatic heterocycles. The summed E-state index contributed by atoms with van der Waals surface area (Å²) in [5.41, 5.74) is 0.662. The summed E-state index contributed by atoms with van der Waals surface area (Å²) >= 11 is 11.8. The van der Waals surface area contributed by atoms with Gasteiger partial charge in [-0.25, -0.2) is 0 Å². The maximum absolute atomic E-state index is 6.07. The number of furan rings is 1. The van der Waals surface area contributed by atoms with Crippen LogP contribution in [0.3, 0.4) is 0 Å². The Labute approximate surface area is 100 Å². The third-order valence-electron chi connectivity index (χ3n) is 2.17. The molecule has 0 aromatic carbocycles. The van der Waals surface area contributed by atoms with Gasteiger partial charge in [-0.1, -0.05) is 17.7 Å². The van der Waals surface area contributed by atoms with Gasteiger partial charge in [0.2, 0.25) is 5.82 Å². The highest BCUT2D eigenvalue weighted by Gasteiger charge is 2.13. The maximum Gasteiger partial charge on any atom is 0.205 e. The van der Waals surface area contributed by atoms with Crippen molar-refractivity contribution < 1.29 is 4.42 Å². The fourth-order valence-corrected chi connectivity index (χ4v) is 1.88. The number of nitrogens with zero attached hydrogens (tertiary/aromatic N) is 3. The molecule has 3 heterocycles. The van der Waals surface area contributed by atoms with Crippen molar-refractivity contribution in [1.82, 2.24) is 14.6 Å². The fraction of sp³-hybridized carbons (Fsp3) is 0. The molecule has 0 atom stereocenters. The molecule has 0 N–H and O–H groups in total. The van der Waals surface area contributed by atoms with E-state index in [0.29, 0.717) is 27.6 Å². The van der Waals surface area contributed by atoms with Gasteiger partial charge in [-0.3, -0.25) is 4.40 Å². The van der Waals surface area contributed by atoms with Gasteiger partial charge in [0.15, 0.2) is 16.6 Å². The summed E-state index contributed by atoms with van der Waals surface area (Å²) in [6, 6.07) is 8.75. The largest absolute Gasteiger partial charge is 0.441 e. The van der Waals surface area contributed by atoms with Crippen LogP contribution in [-0.2, 0) is 0 Å². The van der Waals surface area contributed by atoms with Gasteiger partial charge in [-0.15, -0.1) is 10.2 Å². The van der Waals surface area contributed by atoms with Crippen molar-refractivity contribution in [3.05, 3.63) is 40.7 Å². The van der Waals surface area contributed by atoms with Crippen molar-refractivity contribution in [2.45, 2.75) is 0 Å². The van der Waals surface area contributed by atoms with E-state index in [4.69, 9.17) is 27.6 Å². The summed E-state index contributed by atoms with van der Waals surface area (Å²) in [7, 11) is 0. The molecule has 4 nitrogen and oxygen atoms in total. The van der Waals surface area contributed by atoms with E-state index in [1.807, 2.05) is 12.1 Å². The number of hydrogen-bond donors (Lipinski definition) is 0. The molecule has 3 aromatic heterocycles. The Hall–Kier alpha value is -1.52. The average molecular weight is 254 g/mol. The van der Waals surface area contributed by atoms with Crippen LogP contribution in [0.4, 0.5) is 0 Å². The molecular formula is C10H5Cl2N3O. The van der Waals surface area contributed by atoms with Crippen molar-refractivity contribution in [2.75, 3.05) is 0 Å². The molecule has 0 aliphatic rings. The van der Waals surface area contributed by atoms with Gasteiger partial charge < -0.3 is 4.42 Å². The van der Waals surface area contributed by atoms with Crippen LogP contribution >= 0.6 is 23.2 Å². The van der Waals surface area contributed by atoms with E-state index >= 15 is 0 Å². The number of pyridine rings is 1. The van der Waals surface area contributed by atoms with Gasteiger partial charge in [0.1, 0.15) is 5.15 Å². The first-order chi connectivity index (χ1) is 7.75. The highest BCUT2D eigenvalue weighted by Crippen LogP contribution is 2.25. The Morgan fingerprint density at radius 1 is 1.06 bits per heavy atom. The molecule has 0 saturated carbocycles. The highest BCUT2D eigenvalue weighted by atomic mass is 35.5. The van der Waals surface area contributed by atoms with Gasteiger partial charge in [-0.05, 0) is 35.9 Å². The summed E-state index contributed by atoms with van der Waals surface area (Å²) < 4.78 is 6.97. The van der Waals surface area contributed by atoms with Crippen molar-refractivity contribution in [3.8, 4) is 11.6 Å². The normalized spacial score (nSPS) is 11.1. The first-order valence-corrected chi connectivity index (χ1v) is 5.26. The van der Waals surface area contributed by atoms with Gasteiger partial charge >= 0.3 is 0 Å². The van der Waals surface area contributed by atoms with Crippen molar-refractivity contribution in [3.63, 3.8) is 0 Å². The van der Waals surface area contributed by atoms with E-state index < -0.39 is 0 Å². The molecule has 0 unspecified atom stereocenters. The smallest absolute Gasteiger partial charge is 0.205 e. The summed E-state index contributed by atoms with van der Waals surface area (Å²) in [6.45, 7) is 0. The third kappa shape index (κ3) is 1.38. The second kappa shape index (κ2) is 3.50. The van der Waals surface area contributed by atoms with Gasteiger partial charge in [0, 0.05) is 0 Å². The Balaban J connectivity index is 2.32. The van der Waals surface area contributed by atoms with Crippen LogP contribution in [0.1, 0.15) is 0 Å².